The number of H-pyrrole nitrogens is 1. The number of nitrogens with one attached hydrogen (secondary N) is 2. The second kappa shape index (κ2) is 6.22. The average molecular weight is 320 g/mol. The maximum Gasteiger partial charge on any atom is 0.407 e. The lowest BCUT2D eigenvalue weighted by Gasteiger charge is -2.37. The summed E-state index contributed by atoms with van der Waals surface area (Å²) in [4.78, 5) is 34.2. The summed E-state index contributed by atoms with van der Waals surface area (Å²) >= 11 is 0. The molecule has 0 spiro atoms. The van der Waals surface area contributed by atoms with Crippen LogP contribution < -0.4 is 5.32 Å². The van der Waals surface area contributed by atoms with Gasteiger partial charge in [-0.05, 0) is 31.1 Å². The van der Waals surface area contributed by atoms with Crippen molar-refractivity contribution in [3.8, 4) is 0 Å². The van der Waals surface area contributed by atoms with E-state index in [1.54, 1.807) is 12.4 Å². The minimum Gasteiger partial charge on any atom is -0.453 e. The Morgan fingerprint density at radius 3 is 2.83 bits per heavy atom. The SMILES string of the molecule is COC(=O)NC(C(=O)N1C2CCC(C2)C1c1ncc[nH]1)C(C)C. The third kappa shape index (κ3) is 2.80. The summed E-state index contributed by atoms with van der Waals surface area (Å²) in [7, 11) is 1.31. The number of piperidine rings is 1. The highest BCUT2D eigenvalue weighted by Crippen LogP contribution is 2.49. The lowest BCUT2D eigenvalue weighted by Crippen LogP contribution is -2.54. The maximum absolute atomic E-state index is 13.1. The fourth-order valence-corrected chi connectivity index (χ4v) is 3.96. The molecule has 4 unspecified atom stereocenters. The number of carbonyl (C=O) groups excluding carboxylic acids is 2. The Kier molecular flexibility index (Phi) is 4.28. The first-order chi connectivity index (χ1) is 11.0. The van der Waals surface area contributed by atoms with Crippen molar-refractivity contribution in [1.29, 1.82) is 0 Å². The number of rotatable bonds is 4. The average Bonchev–Trinajstić information content (AvgIpc) is 3.26. The molecule has 0 radical (unpaired) electrons. The second-order valence-electron chi connectivity index (χ2n) is 6.75. The van der Waals surface area contributed by atoms with Crippen LogP contribution in [0.4, 0.5) is 4.79 Å². The summed E-state index contributed by atoms with van der Waals surface area (Å²) in [5, 5.41) is 2.69. The van der Waals surface area contributed by atoms with Gasteiger partial charge in [-0.2, -0.15) is 0 Å². The van der Waals surface area contributed by atoms with Gasteiger partial charge in [-0.25, -0.2) is 9.78 Å². The normalized spacial score (nSPS) is 27.3. The van der Waals surface area contributed by atoms with Crippen molar-refractivity contribution in [3.63, 3.8) is 0 Å². The molecule has 2 amide bonds. The number of ether oxygens (including phenoxy) is 1. The minimum absolute atomic E-state index is 0.0158. The predicted molar refractivity (Wildman–Crippen MR) is 83.5 cm³/mol. The highest BCUT2D eigenvalue weighted by Gasteiger charge is 2.51. The fraction of sp³-hybridized carbons (Fsp3) is 0.688. The molecule has 1 saturated carbocycles. The Labute approximate surface area is 135 Å². The number of alkyl carbamates (subject to hydrolysis) is 1. The first-order valence-corrected chi connectivity index (χ1v) is 8.18. The summed E-state index contributed by atoms with van der Waals surface area (Å²) in [5.41, 5.74) is 0. The number of likely N-dealkylation sites (tertiary alicyclic amines) is 1. The van der Waals surface area contributed by atoms with Crippen LogP contribution in [0, 0.1) is 11.8 Å². The molecule has 126 valence electrons. The summed E-state index contributed by atoms with van der Waals surface area (Å²) in [6, 6.07) is -0.362. The zero-order valence-corrected chi connectivity index (χ0v) is 13.8. The smallest absolute Gasteiger partial charge is 0.407 e. The number of imidazole rings is 1. The van der Waals surface area contributed by atoms with Crippen LogP contribution in [0.2, 0.25) is 0 Å². The van der Waals surface area contributed by atoms with Gasteiger partial charge < -0.3 is 19.9 Å². The van der Waals surface area contributed by atoms with Gasteiger partial charge >= 0.3 is 6.09 Å². The molecule has 1 aliphatic carbocycles. The number of hydrogen-bond acceptors (Lipinski definition) is 4. The predicted octanol–water partition coefficient (Wildman–Crippen LogP) is 1.84. The molecule has 1 aromatic rings. The van der Waals surface area contributed by atoms with Gasteiger partial charge in [0.1, 0.15) is 11.9 Å². The number of carbonyl (C=O) groups is 2. The van der Waals surface area contributed by atoms with Gasteiger partial charge in [0.05, 0.1) is 13.2 Å². The molecule has 1 saturated heterocycles. The molecule has 23 heavy (non-hydrogen) atoms. The van der Waals surface area contributed by atoms with Crippen molar-refractivity contribution < 1.29 is 14.3 Å². The zero-order chi connectivity index (χ0) is 16.6. The number of methoxy groups -OCH3 is 1. The van der Waals surface area contributed by atoms with E-state index in [2.05, 4.69) is 20.0 Å². The van der Waals surface area contributed by atoms with Gasteiger partial charge in [0.15, 0.2) is 0 Å². The van der Waals surface area contributed by atoms with E-state index in [0.717, 1.165) is 25.1 Å². The van der Waals surface area contributed by atoms with Crippen LogP contribution >= 0.6 is 0 Å². The topological polar surface area (TPSA) is 87.3 Å². The van der Waals surface area contributed by atoms with Crippen LogP contribution in [-0.4, -0.2) is 46.1 Å². The molecule has 3 rings (SSSR count). The van der Waals surface area contributed by atoms with Gasteiger partial charge in [-0.1, -0.05) is 13.8 Å². The molecule has 4 atom stereocenters. The van der Waals surface area contributed by atoms with Crippen molar-refractivity contribution in [2.75, 3.05) is 7.11 Å². The summed E-state index contributed by atoms with van der Waals surface area (Å²) in [6.45, 7) is 3.85. The highest BCUT2D eigenvalue weighted by molar-refractivity contribution is 5.86. The van der Waals surface area contributed by atoms with E-state index in [9.17, 15) is 9.59 Å². The highest BCUT2D eigenvalue weighted by atomic mass is 16.5. The van der Waals surface area contributed by atoms with Crippen molar-refractivity contribution in [3.05, 3.63) is 18.2 Å². The molecular weight excluding hydrogens is 296 g/mol. The summed E-state index contributed by atoms with van der Waals surface area (Å²) in [5.74, 6) is 1.23. The van der Waals surface area contributed by atoms with E-state index >= 15 is 0 Å². The Bertz CT molecular complexity index is 572. The van der Waals surface area contributed by atoms with Crippen molar-refractivity contribution in [2.24, 2.45) is 11.8 Å². The molecule has 1 aliphatic heterocycles. The maximum atomic E-state index is 13.1. The van der Waals surface area contributed by atoms with Crippen LogP contribution in [0.3, 0.4) is 0 Å². The van der Waals surface area contributed by atoms with E-state index in [1.807, 2.05) is 18.7 Å². The standard InChI is InChI=1S/C16H24N4O3/c1-9(2)12(19-16(22)23-3)15(21)20-11-5-4-10(8-11)13(20)14-17-6-7-18-14/h6-7,9-13H,4-5,8H2,1-3H3,(H,17,18)(H,19,22). The van der Waals surface area contributed by atoms with Gasteiger partial charge in [0.2, 0.25) is 5.91 Å². The number of hydrogen-bond donors (Lipinski definition) is 2. The van der Waals surface area contributed by atoms with Crippen molar-refractivity contribution in [1.82, 2.24) is 20.2 Å². The van der Waals surface area contributed by atoms with E-state index in [1.165, 1.54) is 7.11 Å². The molecule has 2 heterocycles. The second-order valence-corrected chi connectivity index (χ2v) is 6.75. The van der Waals surface area contributed by atoms with Crippen molar-refractivity contribution in [2.45, 2.75) is 51.2 Å². The van der Waals surface area contributed by atoms with E-state index in [4.69, 9.17) is 0 Å². The van der Waals surface area contributed by atoms with E-state index in [0.29, 0.717) is 5.92 Å². The number of nitrogens with zero attached hydrogens (tertiary/aromatic N) is 2. The summed E-state index contributed by atoms with van der Waals surface area (Å²) < 4.78 is 4.67. The quantitative estimate of drug-likeness (QED) is 0.886. The van der Waals surface area contributed by atoms with Crippen LogP contribution in [-0.2, 0) is 9.53 Å². The number of aromatic amines is 1. The van der Waals surface area contributed by atoms with Crippen LogP contribution in [0.25, 0.3) is 0 Å². The zero-order valence-electron chi connectivity index (χ0n) is 13.8. The monoisotopic (exact) mass is 320 g/mol. The fourth-order valence-electron chi connectivity index (χ4n) is 3.96. The first-order valence-electron chi connectivity index (χ1n) is 8.18. The van der Waals surface area contributed by atoms with Crippen LogP contribution in [0.1, 0.15) is 45.0 Å². The largest absolute Gasteiger partial charge is 0.453 e. The first kappa shape index (κ1) is 15.8. The lowest BCUT2D eigenvalue weighted by molar-refractivity contribution is -0.139. The molecule has 1 aromatic heterocycles. The Balaban J connectivity index is 1.85. The molecule has 7 heteroatoms. The number of fused-ring (bicyclic) bond motifs is 2. The van der Waals surface area contributed by atoms with Gasteiger partial charge in [0.25, 0.3) is 0 Å². The lowest BCUT2D eigenvalue weighted by atomic mass is 9.95. The Morgan fingerprint density at radius 2 is 2.22 bits per heavy atom. The van der Waals surface area contributed by atoms with Gasteiger partial charge in [0, 0.05) is 18.4 Å². The van der Waals surface area contributed by atoms with E-state index in [-0.39, 0.29) is 23.9 Å². The van der Waals surface area contributed by atoms with E-state index < -0.39 is 12.1 Å². The van der Waals surface area contributed by atoms with Crippen molar-refractivity contribution >= 4 is 12.0 Å². The third-order valence-corrected chi connectivity index (χ3v) is 5.03. The molecule has 2 N–H and O–H groups in total. The summed E-state index contributed by atoms with van der Waals surface area (Å²) in [6.07, 6.45) is 6.09. The van der Waals surface area contributed by atoms with Gasteiger partial charge in [-0.15, -0.1) is 0 Å². The Hall–Kier alpha value is -2.05. The van der Waals surface area contributed by atoms with Gasteiger partial charge in [-0.3, -0.25) is 4.79 Å². The molecule has 7 nitrogen and oxygen atoms in total. The van der Waals surface area contributed by atoms with Crippen LogP contribution in [0.5, 0.6) is 0 Å². The number of amides is 2. The molecule has 0 aromatic carbocycles. The molecule has 2 bridgehead atoms. The van der Waals surface area contributed by atoms with Crippen LogP contribution in [0.15, 0.2) is 12.4 Å². The molecule has 2 aliphatic rings. The Morgan fingerprint density at radius 1 is 1.43 bits per heavy atom. The minimum atomic E-state index is -0.584. The third-order valence-electron chi connectivity index (χ3n) is 5.03. The number of aromatic nitrogens is 2. The molecule has 2 fully saturated rings. The molecular formula is C16H24N4O3.